The summed E-state index contributed by atoms with van der Waals surface area (Å²) in [5, 5.41) is 12.8. The zero-order chi connectivity index (χ0) is 34.1. The van der Waals surface area contributed by atoms with Crippen molar-refractivity contribution in [3.8, 4) is 0 Å². The summed E-state index contributed by atoms with van der Waals surface area (Å²) in [6, 6.07) is 54.0. The number of aromatic nitrogens is 1. The third-order valence-corrected chi connectivity index (χ3v) is 5.78. The Morgan fingerprint density at radius 1 is 0.412 bits per heavy atom. The highest BCUT2D eigenvalue weighted by atomic mass is 35.5. The molecule has 0 aliphatic carbocycles. The molecule has 51 heavy (non-hydrogen) atoms. The van der Waals surface area contributed by atoms with E-state index in [0.29, 0.717) is 0 Å². The summed E-state index contributed by atoms with van der Waals surface area (Å²) < 4.78 is 0. The molecule has 0 aliphatic heterocycles. The Labute approximate surface area is 318 Å². The van der Waals surface area contributed by atoms with Crippen molar-refractivity contribution in [3.63, 3.8) is 0 Å². The lowest BCUT2D eigenvalue weighted by atomic mass is 10.2. The number of nitrogens with zero attached hydrogens (tertiary/aromatic N) is 1. The summed E-state index contributed by atoms with van der Waals surface area (Å²) in [5.74, 6) is 0. The minimum Gasteiger partial charge on any atom is -0.265 e. The average molecular weight is 713 g/mol. The number of aryl methyl sites for hydroxylation is 3. The highest BCUT2D eigenvalue weighted by molar-refractivity contribution is 6.30. The summed E-state index contributed by atoms with van der Waals surface area (Å²) in [5.41, 5.74) is 6.25. The van der Waals surface area contributed by atoms with E-state index in [1.165, 1.54) is 27.8 Å². The summed E-state index contributed by atoms with van der Waals surface area (Å²) in [4.78, 5) is 3.78. The molecule has 0 radical (unpaired) electrons. The average Bonchev–Trinajstić information content (AvgIpc) is 3.15. The first-order valence-corrected chi connectivity index (χ1v) is 15.0. The fraction of sp³-hybridized carbons (Fsp3) is 0.170. The van der Waals surface area contributed by atoms with Gasteiger partial charge in [0.25, 0.3) is 0 Å². The molecule has 0 spiro atoms. The van der Waals surface area contributed by atoms with Gasteiger partial charge in [0.2, 0.25) is 0 Å². The van der Waals surface area contributed by atoms with E-state index in [0.717, 1.165) is 5.02 Å². The smallest absolute Gasteiger partial charge is 0.0406 e. The van der Waals surface area contributed by atoms with Crippen LogP contribution in [0.25, 0.3) is 12.2 Å². The van der Waals surface area contributed by atoms with Gasteiger partial charge in [0.15, 0.2) is 0 Å². The highest BCUT2D eigenvalue weighted by Gasteiger charge is 1.82. The van der Waals surface area contributed by atoms with E-state index in [9.17, 15) is 0 Å². The first-order chi connectivity index (χ1) is 22.4. The van der Waals surface area contributed by atoms with Crippen LogP contribution in [0.5, 0.6) is 0 Å². The number of halogens is 1. The van der Waals surface area contributed by atoms with Crippen molar-refractivity contribution in [1.82, 2.24) is 4.98 Å². The maximum absolute atomic E-state index is 6.00. The Kier molecular flexibility index (Phi) is 49.0. The van der Waals surface area contributed by atoms with Gasteiger partial charge in [-0.1, -0.05) is 230 Å². The van der Waals surface area contributed by atoms with Crippen molar-refractivity contribution in [1.29, 1.82) is 0 Å². The third kappa shape index (κ3) is 37.6. The van der Waals surface area contributed by atoms with E-state index in [2.05, 4.69) is 56.3 Å². The van der Waals surface area contributed by atoms with Crippen molar-refractivity contribution < 1.29 is 10.5 Å². The molecule has 4 heteroatoms. The van der Waals surface area contributed by atoms with Gasteiger partial charge in [-0.3, -0.25) is 15.5 Å². The van der Waals surface area contributed by atoms with Crippen molar-refractivity contribution in [2.45, 2.75) is 57.9 Å². The van der Waals surface area contributed by atoms with Crippen LogP contribution in [0.1, 0.15) is 65.0 Å². The van der Waals surface area contributed by atoms with Crippen LogP contribution >= 0.6 is 11.6 Å². The second-order valence-electron chi connectivity index (χ2n) is 9.36. The Bertz CT molecular complexity index is 1260. The van der Waals surface area contributed by atoms with Crippen molar-refractivity contribution in [3.05, 3.63) is 222 Å². The van der Waals surface area contributed by atoms with Crippen LogP contribution in [-0.2, 0) is 0 Å². The third-order valence-electron chi connectivity index (χ3n) is 5.53. The minimum atomic E-state index is 0. The number of pyridine rings is 1. The first-order valence-electron chi connectivity index (χ1n) is 14.6. The largest absolute Gasteiger partial charge is 0.265 e. The molecule has 0 bridgehead atoms. The van der Waals surface area contributed by atoms with Gasteiger partial charge in [-0.25, -0.2) is 0 Å². The van der Waals surface area contributed by atoms with Crippen LogP contribution in [0.3, 0.4) is 0 Å². The van der Waals surface area contributed by atoms with E-state index in [1.807, 2.05) is 159 Å². The SMILES string of the molecule is C.C.C.C.C.C=Cc1ccccc1.C=Cc1ccccc1.Cc1ccc(C)cc1.Cc1ccc(Cl)cc1.OO.c1ccccc1.c1ccncc1. The Morgan fingerprint density at radius 2 is 0.647 bits per heavy atom. The van der Waals surface area contributed by atoms with E-state index in [1.54, 1.807) is 12.4 Å². The van der Waals surface area contributed by atoms with Gasteiger partial charge >= 0.3 is 0 Å². The monoisotopic (exact) mass is 711 g/mol. The molecule has 0 fully saturated rings. The van der Waals surface area contributed by atoms with Crippen molar-refractivity contribution in [2.24, 2.45) is 0 Å². The zero-order valence-corrected chi connectivity index (χ0v) is 27.8. The minimum absolute atomic E-state index is 0. The Balaban J connectivity index is -0.000000116. The molecule has 0 unspecified atom stereocenters. The van der Waals surface area contributed by atoms with Crippen LogP contribution in [0, 0.1) is 20.8 Å². The molecule has 1 aromatic heterocycles. The van der Waals surface area contributed by atoms with Gasteiger partial charge in [-0.15, -0.1) is 0 Å². The maximum atomic E-state index is 6.00. The maximum Gasteiger partial charge on any atom is 0.0406 e. The molecule has 278 valence electrons. The molecule has 2 N–H and O–H groups in total. The Hall–Kier alpha value is -5.06. The van der Waals surface area contributed by atoms with Crippen molar-refractivity contribution >= 4 is 23.8 Å². The number of hydrogen-bond donors (Lipinski definition) is 2. The van der Waals surface area contributed by atoms with Gasteiger partial charge in [0, 0.05) is 17.4 Å². The number of rotatable bonds is 2. The van der Waals surface area contributed by atoms with Gasteiger partial charge in [0.05, 0.1) is 0 Å². The molecule has 6 aromatic rings. The number of benzene rings is 5. The second-order valence-corrected chi connectivity index (χ2v) is 9.80. The lowest BCUT2D eigenvalue weighted by Gasteiger charge is -1.90. The summed E-state index contributed by atoms with van der Waals surface area (Å²) in [7, 11) is 0. The van der Waals surface area contributed by atoms with Crippen LogP contribution in [0.2, 0.25) is 5.02 Å². The van der Waals surface area contributed by atoms with Crippen LogP contribution < -0.4 is 0 Å². The van der Waals surface area contributed by atoms with Gasteiger partial charge in [0.1, 0.15) is 0 Å². The van der Waals surface area contributed by atoms with E-state index >= 15 is 0 Å². The normalized spacial score (nSPS) is 7.57. The number of hydrogen-bond acceptors (Lipinski definition) is 3. The molecule has 0 aliphatic rings. The molecule has 0 saturated heterocycles. The Morgan fingerprint density at radius 3 is 0.824 bits per heavy atom. The summed E-state index contributed by atoms with van der Waals surface area (Å²) in [6.07, 6.45) is 7.17. The van der Waals surface area contributed by atoms with Crippen LogP contribution in [0.15, 0.2) is 189 Å². The van der Waals surface area contributed by atoms with Crippen LogP contribution in [-0.4, -0.2) is 15.5 Å². The van der Waals surface area contributed by atoms with E-state index in [-0.39, 0.29) is 37.1 Å². The molecule has 6 rings (SSSR count). The first kappa shape index (κ1) is 58.2. The van der Waals surface area contributed by atoms with Crippen LogP contribution in [0.4, 0.5) is 0 Å². The summed E-state index contributed by atoms with van der Waals surface area (Å²) in [6.45, 7) is 13.5. The zero-order valence-electron chi connectivity index (χ0n) is 27.0. The topological polar surface area (TPSA) is 53.4 Å². The lowest BCUT2D eigenvalue weighted by molar-refractivity contribution is -0.176. The standard InChI is InChI=1S/C8H10.2C8H8.C7H7Cl.C6H6.C5H5N.5CH4.H2O2/c1-7-3-5-8(2)6-4-7;2*1-2-8-6-4-3-5-7-8;1-6-2-4-7(8)5-3-6;2*1-2-4-6-5-3-1;;;;;;1-2/h3-6H,1-2H3;2*2-7H,1H2;2-5H,1H3;1-6H;1-5H;5*1H4;1-2H. The predicted octanol–water partition coefficient (Wildman–Crippen LogP) is 15.6. The molecule has 5 aromatic carbocycles. The van der Waals surface area contributed by atoms with E-state index < -0.39 is 0 Å². The van der Waals surface area contributed by atoms with Gasteiger partial charge < -0.3 is 0 Å². The molecule has 3 nitrogen and oxygen atoms in total. The quantitative estimate of drug-likeness (QED) is 0.139. The molecule has 1 heterocycles. The molecule has 0 atom stereocenters. The predicted molar refractivity (Wildman–Crippen MR) is 235 cm³/mol. The molecule has 0 amide bonds. The highest BCUT2D eigenvalue weighted by Crippen LogP contribution is 2.07. The molecular formula is C47H66ClNO2. The molecule has 0 saturated carbocycles. The van der Waals surface area contributed by atoms with Gasteiger partial charge in [-0.2, -0.15) is 0 Å². The van der Waals surface area contributed by atoms with Gasteiger partial charge in [-0.05, 0) is 56.2 Å². The lowest BCUT2D eigenvalue weighted by Crippen LogP contribution is -1.70. The second kappa shape index (κ2) is 43.0. The molecular weight excluding hydrogens is 646 g/mol. The fourth-order valence-electron chi connectivity index (χ4n) is 3.05. The van der Waals surface area contributed by atoms with Crippen molar-refractivity contribution in [2.75, 3.05) is 0 Å². The summed E-state index contributed by atoms with van der Waals surface area (Å²) >= 11 is 5.61. The van der Waals surface area contributed by atoms with E-state index in [4.69, 9.17) is 22.1 Å². The fourth-order valence-corrected chi connectivity index (χ4v) is 3.17.